The quantitative estimate of drug-likeness (QED) is 0.732. The molecule has 0 saturated heterocycles. The van der Waals surface area contributed by atoms with Gasteiger partial charge in [0.15, 0.2) is 5.78 Å². The van der Waals surface area contributed by atoms with Crippen molar-refractivity contribution in [3.63, 3.8) is 0 Å². The lowest BCUT2D eigenvalue weighted by molar-refractivity contribution is 0.0636. The van der Waals surface area contributed by atoms with E-state index in [1.165, 1.54) is 24.3 Å². The predicted octanol–water partition coefficient (Wildman–Crippen LogP) is 5.17. The van der Waals surface area contributed by atoms with E-state index in [0.717, 1.165) is 0 Å². The van der Waals surface area contributed by atoms with Crippen molar-refractivity contribution < 1.29 is 18.7 Å². The molecule has 0 bridgehead atoms. The average Bonchev–Trinajstić information content (AvgIpc) is 2.45. The minimum atomic E-state index is -0.597. The van der Waals surface area contributed by atoms with Gasteiger partial charge in [0.1, 0.15) is 11.4 Å². The van der Waals surface area contributed by atoms with Crippen molar-refractivity contribution in [2.75, 3.05) is 5.32 Å². The molecule has 24 heavy (non-hydrogen) atoms. The summed E-state index contributed by atoms with van der Waals surface area (Å²) < 4.78 is 18.6. The van der Waals surface area contributed by atoms with Crippen molar-refractivity contribution in [1.82, 2.24) is 0 Å². The first-order valence-electron chi connectivity index (χ1n) is 7.25. The summed E-state index contributed by atoms with van der Waals surface area (Å²) in [6.07, 6.45) is -0.577. The Kier molecular flexibility index (Phi) is 5.39. The maximum Gasteiger partial charge on any atom is 0.412 e. The number of anilines is 1. The summed E-state index contributed by atoms with van der Waals surface area (Å²) in [6.45, 7) is 5.31. The first-order valence-corrected chi connectivity index (χ1v) is 8.05. The number of carbonyl (C=O) groups is 2. The molecule has 2 rings (SSSR count). The van der Waals surface area contributed by atoms with Crippen LogP contribution in [-0.4, -0.2) is 17.5 Å². The second kappa shape index (κ2) is 7.13. The summed E-state index contributed by atoms with van der Waals surface area (Å²) >= 11 is 3.32. The number of benzene rings is 2. The molecule has 0 radical (unpaired) electrons. The van der Waals surface area contributed by atoms with Crippen molar-refractivity contribution in [2.24, 2.45) is 0 Å². The second-order valence-electron chi connectivity index (χ2n) is 6.16. The third-order valence-corrected chi connectivity index (χ3v) is 3.62. The highest BCUT2D eigenvalue weighted by Crippen LogP contribution is 2.24. The molecule has 0 fully saturated rings. The van der Waals surface area contributed by atoms with Crippen molar-refractivity contribution in [1.29, 1.82) is 0 Å². The van der Waals surface area contributed by atoms with Crippen LogP contribution in [0, 0.1) is 5.82 Å². The smallest absolute Gasteiger partial charge is 0.412 e. The van der Waals surface area contributed by atoms with Gasteiger partial charge in [0.05, 0.1) is 0 Å². The lowest BCUT2D eigenvalue weighted by atomic mass is 10.0. The molecule has 1 amide bonds. The number of hydrogen-bond donors (Lipinski definition) is 1. The highest BCUT2D eigenvalue weighted by Gasteiger charge is 2.17. The van der Waals surface area contributed by atoms with Crippen LogP contribution in [0.2, 0.25) is 0 Å². The van der Waals surface area contributed by atoms with Crippen LogP contribution in [0.3, 0.4) is 0 Å². The summed E-state index contributed by atoms with van der Waals surface area (Å²) in [5.41, 5.74) is 0.688. The van der Waals surface area contributed by atoms with Gasteiger partial charge in [-0.05, 0) is 79.2 Å². The molecule has 0 spiro atoms. The molecular weight excluding hydrogens is 377 g/mol. The number of nitrogens with one attached hydrogen (secondary N) is 1. The zero-order valence-electron chi connectivity index (χ0n) is 13.5. The van der Waals surface area contributed by atoms with E-state index in [2.05, 4.69) is 21.2 Å². The molecule has 0 aromatic heterocycles. The van der Waals surface area contributed by atoms with E-state index in [0.29, 0.717) is 21.3 Å². The lowest BCUT2D eigenvalue weighted by Gasteiger charge is -2.19. The minimum absolute atomic E-state index is 0.245. The topological polar surface area (TPSA) is 55.4 Å². The van der Waals surface area contributed by atoms with Gasteiger partial charge in [-0.15, -0.1) is 0 Å². The van der Waals surface area contributed by atoms with E-state index >= 15 is 0 Å². The fourth-order valence-electron chi connectivity index (χ4n) is 1.96. The number of carbonyl (C=O) groups excluding carboxylic acids is 2. The standard InChI is InChI=1S/C18H17BrFNO3/c1-18(2,3)24-17(23)21-13-8-9-14(15(19)10-13)16(22)11-4-6-12(20)7-5-11/h4-10H,1-3H3,(H,21,23). The van der Waals surface area contributed by atoms with Crippen LogP contribution in [-0.2, 0) is 4.74 Å². The van der Waals surface area contributed by atoms with Crippen molar-refractivity contribution in [3.8, 4) is 0 Å². The second-order valence-corrected chi connectivity index (χ2v) is 7.01. The minimum Gasteiger partial charge on any atom is -0.444 e. The lowest BCUT2D eigenvalue weighted by Crippen LogP contribution is -2.27. The molecule has 126 valence electrons. The van der Waals surface area contributed by atoms with Crippen LogP contribution in [0.25, 0.3) is 0 Å². The summed E-state index contributed by atoms with van der Waals surface area (Å²) in [4.78, 5) is 24.2. The number of rotatable bonds is 3. The van der Waals surface area contributed by atoms with Gasteiger partial charge >= 0.3 is 6.09 Å². The van der Waals surface area contributed by atoms with Crippen molar-refractivity contribution >= 4 is 33.5 Å². The molecule has 1 N–H and O–H groups in total. The van der Waals surface area contributed by atoms with E-state index in [1.54, 1.807) is 39.0 Å². The molecule has 0 aliphatic rings. The monoisotopic (exact) mass is 393 g/mol. The van der Waals surface area contributed by atoms with Crippen LogP contribution < -0.4 is 5.32 Å². The molecule has 2 aromatic rings. The zero-order chi connectivity index (χ0) is 17.9. The van der Waals surface area contributed by atoms with Gasteiger partial charge in [-0.1, -0.05) is 0 Å². The van der Waals surface area contributed by atoms with E-state index < -0.39 is 17.5 Å². The molecule has 6 heteroatoms. The van der Waals surface area contributed by atoms with E-state index in [-0.39, 0.29) is 5.78 Å². The van der Waals surface area contributed by atoms with E-state index in [4.69, 9.17) is 4.74 Å². The first kappa shape index (κ1) is 18.1. The Labute approximate surface area is 148 Å². The summed E-state index contributed by atoms with van der Waals surface area (Å²) in [5.74, 6) is -0.645. The number of ketones is 1. The molecule has 0 saturated carbocycles. The first-order chi connectivity index (χ1) is 11.2. The molecule has 0 heterocycles. The Morgan fingerprint density at radius 3 is 2.25 bits per heavy atom. The molecule has 2 aromatic carbocycles. The Morgan fingerprint density at radius 2 is 1.71 bits per heavy atom. The molecule has 0 atom stereocenters. The van der Waals surface area contributed by atoms with E-state index in [1.807, 2.05) is 0 Å². The number of halogens is 2. The van der Waals surface area contributed by atoms with E-state index in [9.17, 15) is 14.0 Å². The third-order valence-electron chi connectivity index (χ3n) is 2.97. The van der Waals surface area contributed by atoms with Crippen LogP contribution in [0.4, 0.5) is 14.9 Å². The maximum absolute atomic E-state index is 13.0. The Balaban J connectivity index is 2.16. The fourth-order valence-corrected chi connectivity index (χ4v) is 2.51. The molecule has 0 aliphatic heterocycles. The Bertz CT molecular complexity index is 767. The molecule has 4 nitrogen and oxygen atoms in total. The van der Waals surface area contributed by atoms with Gasteiger partial charge in [0.25, 0.3) is 0 Å². The number of hydrogen-bond acceptors (Lipinski definition) is 3. The summed E-state index contributed by atoms with van der Waals surface area (Å²) in [7, 11) is 0. The molecule has 0 unspecified atom stereocenters. The van der Waals surface area contributed by atoms with Gasteiger partial charge in [0.2, 0.25) is 0 Å². The number of amides is 1. The Hall–Kier alpha value is -2.21. The van der Waals surface area contributed by atoms with Crippen LogP contribution in [0.15, 0.2) is 46.9 Å². The SMILES string of the molecule is CC(C)(C)OC(=O)Nc1ccc(C(=O)c2ccc(F)cc2)c(Br)c1. The number of ether oxygens (including phenoxy) is 1. The van der Waals surface area contributed by atoms with Crippen LogP contribution in [0.1, 0.15) is 36.7 Å². The molecular formula is C18H17BrFNO3. The highest BCUT2D eigenvalue weighted by molar-refractivity contribution is 9.10. The summed E-state index contributed by atoms with van der Waals surface area (Å²) in [6, 6.07) is 10.1. The normalized spacial score (nSPS) is 11.0. The van der Waals surface area contributed by atoms with Gasteiger partial charge in [-0.3, -0.25) is 10.1 Å². The largest absolute Gasteiger partial charge is 0.444 e. The van der Waals surface area contributed by atoms with Crippen LogP contribution >= 0.6 is 15.9 Å². The van der Waals surface area contributed by atoms with Crippen LogP contribution in [0.5, 0.6) is 0 Å². The predicted molar refractivity (Wildman–Crippen MR) is 93.8 cm³/mol. The molecule has 0 aliphatic carbocycles. The highest BCUT2D eigenvalue weighted by atomic mass is 79.9. The maximum atomic E-state index is 13.0. The van der Waals surface area contributed by atoms with Gasteiger partial charge in [-0.25, -0.2) is 9.18 Å². The van der Waals surface area contributed by atoms with Crippen molar-refractivity contribution in [3.05, 3.63) is 63.9 Å². The zero-order valence-corrected chi connectivity index (χ0v) is 15.1. The van der Waals surface area contributed by atoms with Crippen molar-refractivity contribution in [2.45, 2.75) is 26.4 Å². The summed E-state index contributed by atoms with van der Waals surface area (Å²) in [5, 5.41) is 2.60. The third kappa shape index (κ3) is 4.89. The van der Waals surface area contributed by atoms with Gasteiger partial charge in [-0.2, -0.15) is 0 Å². The van der Waals surface area contributed by atoms with Gasteiger partial charge in [0, 0.05) is 21.3 Å². The fraction of sp³-hybridized carbons (Fsp3) is 0.222. The van der Waals surface area contributed by atoms with Gasteiger partial charge < -0.3 is 4.74 Å². The average molecular weight is 394 g/mol. The Morgan fingerprint density at radius 1 is 1.08 bits per heavy atom.